The molecule has 2 heterocycles. The SMILES string of the molecule is CCn1nc(C)cc1CC(N)Cc1cccs1. The highest BCUT2D eigenvalue weighted by Gasteiger charge is 2.10. The van der Waals surface area contributed by atoms with Crippen LogP contribution < -0.4 is 5.73 Å². The Morgan fingerprint density at radius 1 is 1.47 bits per heavy atom. The number of hydrogen-bond donors (Lipinski definition) is 1. The van der Waals surface area contributed by atoms with Crippen LogP contribution in [0.1, 0.15) is 23.2 Å². The average Bonchev–Trinajstić information content (AvgIpc) is 2.88. The van der Waals surface area contributed by atoms with Gasteiger partial charge in [-0.3, -0.25) is 4.68 Å². The monoisotopic (exact) mass is 249 g/mol. The van der Waals surface area contributed by atoms with Crippen molar-refractivity contribution in [2.45, 2.75) is 39.3 Å². The van der Waals surface area contributed by atoms with Gasteiger partial charge in [-0.25, -0.2) is 0 Å². The zero-order chi connectivity index (χ0) is 12.3. The molecule has 0 amide bonds. The van der Waals surface area contributed by atoms with Crippen LogP contribution in [0.5, 0.6) is 0 Å². The van der Waals surface area contributed by atoms with Crippen LogP contribution in [-0.2, 0) is 19.4 Å². The first-order chi connectivity index (χ1) is 8.19. The number of thiophene rings is 1. The first-order valence-corrected chi connectivity index (χ1v) is 6.88. The Kier molecular flexibility index (Phi) is 3.97. The number of aryl methyl sites for hydroxylation is 2. The van der Waals surface area contributed by atoms with Gasteiger partial charge < -0.3 is 5.73 Å². The Morgan fingerprint density at radius 3 is 2.94 bits per heavy atom. The number of rotatable bonds is 5. The van der Waals surface area contributed by atoms with E-state index in [2.05, 4.69) is 35.6 Å². The van der Waals surface area contributed by atoms with E-state index in [1.807, 2.05) is 11.6 Å². The maximum atomic E-state index is 6.20. The summed E-state index contributed by atoms with van der Waals surface area (Å²) in [5.74, 6) is 0. The molecule has 1 atom stereocenters. The van der Waals surface area contributed by atoms with Gasteiger partial charge in [-0.2, -0.15) is 5.10 Å². The van der Waals surface area contributed by atoms with Crippen molar-refractivity contribution in [3.8, 4) is 0 Å². The van der Waals surface area contributed by atoms with E-state index in [1.54, 1.807) is 11.3 Å². The van der Waals surface area contributed by atoms with E-state index in [0.717, 1.165) is 25.1 Å². The van der Waals surface area contributed by atoms with E-state index >= 15 is 0 Å². The fourth-order valence-corrected chi connectivity index (χ4v) is 2.86. The van der Waals surface area contributed by atoms with Crippen molar-refractivity contribution >= 4 is 11.3 Å². The lowest BCUT2D eigenvalue weighted by Gasteiger charge is -2.11. The van der Waals surface area contributed by atoms with Gasteiger partial charge in [0, 0.05) is 29.6 Å². The third-order valence-electron chi connectivity index (χ3n) is 2.80. The van der Waals surface area contributed by atoms with E-state index in [4.69, 9.17) is 5.73 Å². The molecule has 0 aliphatic carbocycles. The predicted octanol–water partition coefficient (Wildman–Crippen LogP) is 2.39. The van der Waals surface area contributed by atoms with Crippen LogP contribution in [0.25, 0.3) is 0 Å². The first kappa shape index (κ1) is 12.3. The molecule has 4 heteroatoms. The molecule has 0 aliphatic rings. The van der Waals surface area contributed by atoms with E-state index in [-0.39, 0.29) is 6.04 Å². The number of nitrogens with zero attached hydrogens (tertiary/aromatic N) is 2. The van der Waals surface area contributed by atoms with Crippen LogP contribution in [-0.4, -0.2) is 15.8 Å². The molecule has 0 radical (unpaired) electrons. The molecule has 2 rings (SSSR count). The van der Waals surface area contributed by atoms with Gasteiger partial charge in [0.25, 0.3) is 0 Å². The second kappa shape index (κ2) is 5.47. The van der Waals surface area contributed by atoms with Gasteiger partial charge in [-0.1, -0.05) is 6.07 Å². The highest BCUT2D eigenvalue weighted by molar-refractivity contribution is 7.09. The van der Waals surface area contributed by atoms with E-state index in [0.29, 0.717) is 0 Å². The van der Waals surface area contributed by atoms with Crippen molar-refractivity contribution in [1.82, 2.24) is 9.78 Å². The molecule has 0 spiro atoms. The van der Waals surface area contributed by atoms with Crippen LogP contribution in [0.4, 0.5) is 0 Å². The lowest BCUT2D eigenvalue weighted by Crippen LogP contribution is -2.26. The Hall–Kier alpha value is -1.13. The maximum absolute atomic E-state index is 6.20. The molecule has 0 saturated carbocycles. The Balaban J connectivity index is 2.00. The topological polar surface area (TPSA) is 43.8 Å². The number of nitrogens with two attached hydrogens (primary N) is 1. The third-order valence-corrected chi connectivity index (χ3v) is 3.70. The molecule has 0 aromatic carbocycles. The van der Waals surface area contributed by atoms with Crippen LogP contribution in [0.15, 0.2) is 23.6 Å². The summed E-state index contributed by atoms with van der Waals surface area (Å²) in [5, 5.41) is 6.54. The van der Waals surface area contributed by atoms with Gasteiger partial charge in [-0.05, 0) is 37.8 Å². The standard InChI is InChI=1S/C13H19N3S/c1-3-16-12(7-10(2)15-16)8-11(14)9-13-5-4-6-17-13/h4-7,11H,3,8-9,14H2,1-2H3. The summed E-state index contributed by atoms with van der Waals surface area (Å²) in [7, 11) is 0. The molecule has 2 aromatic heterocycles. The number of hydrogen-bond acceptors (Lipinski definition) is 3. The normalized spacial score (nSPS) is 12.9. The quantitative estimate of drug-likeness (QED) is 0.884. The van der Waals surface area contributed by atoms with Crippen molar-refractivity contribution in [2.24, 2.45) is 5.73 Å². The van der Waals surface area contributed by atoms with E-state index in [9.17, 15) is 0 Å². The minimum Gasteiger partial charge on any atom is -0.327 e. The number of aromatic nitrogens is 2. The highest BCUT2D eigenvalue weighted by Crippen LogP contribution is 2.13. The van der Waals surface area contributed by atoms with Crippen LogP contribution in [0.2, 0.25) is 0 Å². The molecule has 2 N–H and O–H groups in total. The smallest absolute Gasteiger partial charge is 0.0596 e. The Morgan fingerprint density at radius 2 is 2.29 bits per heavy atom. The minimum absolute atomic E-state index is 0.176. The van der Waals surface area contributed by atoms with Gasteiger partial charge in [0.05, 0.1) is 5.69 Å². The van der Waals surface area contributed by atoms with E-state index < -0.39 is 0 Å². The summed E-state index contributed by atoms with van der Waals surface area (Å²) in [6.07, 6.45) is 1.85. The van der Waals surface area contributed by atoms with E-state index in [1.165, 1.54) is 10.6 Å². The zero-order valence-electron chi connectivity index (χ0n) is 10.4. The summed E-state index contributed by atoms with van der Waals surface area (Å²) in [4.78, 5) is 1.36. The molecule has 92 valence electrons. The highest BCUT2D eigenvalue weighted by atomic mass is 32.1. The largest absolute Gasteiger partial charge is 0.327 e. The van der Waals surface area contributed by atoms with Crippen LogP contribution >= 0.6 is 11.3 Å². The zero-order valence-corrected chi connectivity index (χ0v) is 11.2. The summed E-state index contributed by atoms with van der Waals surface area (Å²) < 4.78 is 2.05. The summed E-state index contributed by atoms with van der Waals surface area (Å²) in [5.41, 5.74) is 8.51. The molecule has 0 aliphatic heterocycles. The minimum atomic E-state index is 0.176. The van der Waals surface area contributed by atoms with Crippen molar-refractivity contribution in [3.05, 3.63) is 39.8 Å². The lowest BCUT2D eigenvalue weighted by molar-refractivity contribution is 0.576. The van der Waals surface area contributed by atoms with Crippen molar-refractivity contribution in [3.63, 3.8) is 0 Å². The molecule has 1 unspecified atom stereocenters. The van der Waals surface area contributed by atoms with Crippen molar-refractivity contribution < 1.29 is 0 Å². The van der Waals surface area contributed by atoms with Gasteiger partial charge in [-0.15, -0.1) is 11.3 Å². The summed E-state index contributed by atoms with van der Waals surface area (Å²) >= 11 is 1.77. The van der Waals surface area contributed by atoms with Gasteiger partial charge in [0.1, 0.15) is 0 Å². The lowest BCUT2D eigenvalue weighted by atomic mass is 10.1. The second-order valence-corrected chi connectivity index (χ2v) is 5.37. The van der Waals surface area contributed by atoms with Crippen molar-refractivity contribution in [2.75, 3.05) is 0 Å². The molecule has 0 fully saturated rings. The Labute approximate surface area is 106 Å². The predicted molar refractivity (Wildman–Crippen MR) is 72.3 cm³/mol. The average molecular weight is 249 g/mol. The van der Waals surface area contributed by atoms with Gasteiger partial charge >= 0.3 is 0 Å². The summed E-state index contributed by atoms with van der Waals surface area (Å²) in [6, 6.07) is 6.53. The van der Waals surface area contributed by atoms with Gasteiger partial charge in [0.15, 0.2) is 0 Å². The third kappa shape index (κ3) is 3.17. The molecule has 0 saturated heterocycles. The van der Waals surface area contributed by atoms with Crippen molar-refractivity contribution in [1.29, 1.82) is 0 Å². The molecule has 17 heavy (non-hydrogen) atoms. The maximum Gasteiger partial charge on any atom is 0.0596 e. The fourth-order valence-electron chi connectivity index (χ4n) is 2.07. The van der Waals surface area contributed by atoms with Crippen LogP contribution in [0.3, 0.4) is 0 Å². The molecule has 3 nitrogen and oxygen atoms in total. The van der Waals surface area contributed by atoms with Gasteiger partial charge in [0.2, 0.25) is 0 Å². The summed E-state index contributed by atoms with van der Waals surface area (Å²) in [6.45, 7) is 5.05. The first-order valence-electron chi connectivity index (χ1n) is 6.00. The molecular weight excluding hydrogens is 230 g/mol. The molecule has 0 bridgehead atoms. The molecule has 2 aromatic rings. The van der Waals surface area contributed by atoms with Crippen LogP contribution in [0, 0.1) is 6.92 Å². The molecular formula is C13H19N3S. The Bertz CT molecular complexity index is 459. The second-order valence-electron chi connectivity index (χ2n) is 4.34. The fraction of sp³-hybridized carbons (Fsp3) is 0.462.